The summed E-state index contributed by atoms with van der Waals surface area (Å²) in [6, 6.07) is 26.4. The van der Waals surface area contributed by atoms with E-state index in [2.05, 4.69) is 160 Å². The lowest BCUT2D eigenvalue weighted by atomic mass is 9.77. The molecule has 2 heterocycles. The van der Waals surface area contributed by atoms with Gasteiger partial charge in [-0.05, 0) is 109 Å². The van der Waals surface area contributed by atoms with Crippen molar-refractivity contribution in [3.05, 3.63) is 156 Å². The predicted octanol–water partition coefficient (Wildman–Crippen LogP) is 11.0. The van der Waals surface area contributed by atoms with Gasteiger partial charge in [0.1, 0.15) is 12.0 Å². The molecule has 2 aliphatic heterocycles. The lowest BCUT2D eigenvalue weighted by Gasteiger charge is -2.23. The number of nitrogens with one attached hydrogen (secondary N) is 1. The fraction of sp³-hybridized carbons (Fsp3) is 0.233. The van der Waals surface area contributed by atoms with Gasteiger partial charge < -0.3 is 5.32 Å². The first-order chi connectivity index (χ1) is 21.8. The first-order valence-electron chi connectivity index (χ1n) is 16.4. The first-order valence-corrected chi connectivity index (χ1v) is 16.4. The lowest BCUT2D eigenvalue weighted by Crippen LogP contribution is -2.29. The number of benzene rings is 4. The average Bonchev–Trinajstić information content (AvgIpc) is 3.51. The van der Waals surface area contributed by atoms with Gasteiger partial charge in [0.2, 0.25) is 5.69 Å². The van der Waals surface area contributed by atoms with Crippen LogP contribution in [0.25, 0.3) is 21.5 Å². The Kier molecular flexibility index (Phi) is 7.12. The van der Waals surface area contributed by atoms with Gasteiger partial charge in [0, 0.05) is 23.5 Å². The van der Waals surface area contributed by atoms with Crippen LogP contribution < -0.4 is 5.32 Å². The van der Waals surface area contributed by atoms with Crippen molar-refractivity contribution in [2.75, 3.05) is 11.9 Å². The van der Waals surface area contributed by atoms with Crippen molar-refractivity contribution in [3.63, 3.8) is 0 Å². The number of hydrogen-bond acceptors (Lipinski definition) is 1. The van der Waals surface area contributed by atoms with Crippen LogP contribution in [0, 0.1) is 0 Å². The fourth-order valence-corrected chi connectivity index (χ4v) is 7.98. The Morgan fingerprint density at radius 1 is 0.778 bits per heavy atom. The average molecular weight is 588 g/mol. The number of anilines is 1. The van der Waals surface area contributed by atoms with Crippen molar-refractivity contribution in [3.8, 4) is 0 Å². The van der Waals surface area contributed by atoms with Gasteiger partial charge in [-0.15, -0.1) is 13.2 Å². The van der Waals surface area contributed by atoms with E-state index in [1.54, 1.807) is 0 Å². The highest BCUT2D eigenvalue weighted by molar-refractivity contribution is 6.09. The van der Waals surface area contributed by atoms with Gasteiger partial charge in [-0.2, -0.15) is 4.58 Å². The van der Waals surface area contributed by atoms with Crippen molar-refractivity contribution in [2.24, 2.45) is 0 Å². The van der Waals surface area contributed by atoms with Crippen molar-refractivity contribution >= 4 is 38.6 Å². The van der Waals surface area contributed by atoms with E-state index >= 15 is 0 Å². The maximum absolute atomic E-state index is 4.35. The van der Waals surface area contributed by atoms with Crippen LogP contribution in [0.3, 0.4) is 0 Å². The van der Waals surface area contributed by atoms with Crippen LogP contribution in [0.1, 0.15) is 58.1 Å². The van der Waals surface area contributed by atoms with E-state index in [-0.39, 0.29) is 10.8 Å². The summed E-state index contributed by atoms with van der Waals surface area (Å²) in [6.07, 6.45) is 17.0. The van der Waals surface area contributed by atoms with Gasteiger partial charge in [0.05, 0.1) is 11.0 Å². The number of nitrogens with zero attached hydrogens (tertiary/aromatic N) is 1. The van der Waals surface area contributed by atoms with Crippen molar-refractivity contribution < 1.29 is 4.58 Å². The quantitative estimate of drug-likeness (QED) is 0.175. The van der Waals surface area contributed by atoms with Crippen LogP contribution in [0.15, 0.2) is 145 Å². The molecule has 0 saturated heterocycles. The third-order valence-corrected chi connectivity index (χ3v) is 10.7. The molecule has 0 fully saturated rings. The van der Waals surface area contributed by atoms with Crippen LogP contribution in [0.4, 0.5) is 11.4 Å². The van der Waals surface area contributed by atoms with E-state index in [1.807, 2.05) is 0 Å². The van der Waals surface area contributed by atoms with Gasteiger partial charge in [-0.3, -0.25) is 0 Å². The van der Waals surface area contributed by atoms with Gasteiger partial charge in [0.25, 0.3) is 0 Å². The van der Waals surface area contributed by atoms with Gasteiger partial charge in [-0.1, -0.05) is 78.9 Å². The number of hydrogen-bond donors (Lipinski definition) is 1. The smallest absolute Gasteiger partial charge is 0.210 e. The third-order valence-electron chi connectivity index (χ3n) is 10.7. The van der Waals surface area contributed by atoms with Crippen molar-refractivity contribution in [2.45, 2.75) is 57.8 Å². The summed E-state index contributed by atoms with van der Waals surface area (Å²) in [5.74, 6) is 0. The summed E-state index contributed by atoms with van der Waals surface area (Å²) in [4.78, 5) is 0. The zero-order valence-electron chi connectivity index (χ0n) is 27.1. The molecule has 45 heavy (non-hydrogen) atoms. The monoisotopic (exact) mass is 587 g/mol. The Morgan fingerprint density at radius 3 is 2.13 bits per heavy atom. The lowest BCUT2D eigenvalue weighted by molar-refractivity contribution is -0.432. The zero-order valence-corrected chi connectivity index (χ0v) is 27.1. The van der Waals surface area contributed by atoms with Gasteiger partial charge in [0.15, 0.2) is 5.71 Å². The Hall–Kier alpha value is -4.69. The standard InChI is InChI=1S/C43H42N2/c1-7-42(5)38(44-36-25-21-32-15-10-12-19-34(32)40(36)42)27-23-30-17-14-18-31(29(30)4)24-28-39-43(6,8-2)41-35-20-13-11-16-33(35)22-26-37(41)45(39)9-3/h7-8,10-13,15-16,19-28H,1-2,9,14,17-18H2,3-6H3/p+1/t42-,43+/m1/s1. The van der Waals surface area contributed by atoms with Crippen LogP contribution in [0.5, 0.6) is 0 Å². The van der Waals surface area contributed by atoms with E-state index in [0.29, 0.717) is 0 Å². The summed E-state index contributed by atoms with van der Waals surface area (Å²) < 4.78 is 2.48. The molecular formula is C43H43N2+. The van der Waals surface area contributed by atoms with Gasteiger partial charge in [-0.25, -0.2) is 0 Å². The normalized spacial score (nSPS) is 24.6. The number of allylic oxidation sites excluding steroid dienone is 9. The molecule has 0 spiro atoms. The molecule has 3 aliphatic rings. The number of fused-ring (bicyclic) bond motifs is 6. The second-order valence-corrected chi connectivity index (χ2v) is 13.1. The van der Waals surface area contributed by atoms with Crippen LogP contribution >= 0.6 is 0 Å². The molecule has 2 atom stereocenters. The van der Waals surface area contributed by atoms with E-state index in [9.17, 15) is 0 Å². The summed E-state index contributed by atoms with van der Waals surface area (Å²) in [5.41, 5.74) is 11.3. The summed E-state index contributed by atoms with van der Waals surface area (Å²) >= 11 is 0. The molecule has 2 heteroatoms. The van der Waals surface area contributed by atoms with Crippen molar-refractivity contribution in [1.82, 2.24) is 0 Å². The van der Waals surface area contributed by atoms with Crippen molar-refractivity contribution in [1.29, 1.82) is 0 Å². The summed E-state index contributed by atoms with van der Waals surface area (Å²) in [5, 5.41) is 8.88. The molecule has 1 aliphatic carbocycles. The minimum Gasteiger partial charge on any atom is -0.358 e. The molecule has 2 nitrogen and oxygen atoms in total. The fourth-order valence-electron chi connectivity index (χ4n) is 7.98. The SMILES string of the molecule is C=C[C@@]1(C)C(/C=C/C2=C(C)C(=C/C=C3/Nc4ccc5ccccc5c4[C@]3(C)C=C)/CCC2)=[N+](CC)c2ccc3ccccc3c21. The third kappa shape index (κ3) is 4.42. The summed E-state index contributed by atoms with van der Waals surface area (Å²) in [7, 11) is 0. The largest absolute Gasteiger partial charge is 0.358 e. The highest BCUT2D eigenvalue weighted by atomic mass is 15.1. The highest BCUT2D eigenvalue weighted by Gasteiger charge is 2.46. The molecule has 0 bridgehead atoms. The number of rotatable bonds is 6. The molecule has 0 aromatic heterocycles. The molecule has 7 rings (SSSR count). The van der Waals surface area contributed by atoms with E-state index in [4.69, 9.17) is 0 Å². The first kappa shape index (κ1) is 29.0. The van der Waals surface area contributed by atoms with Crippen LogP contribution in [0.2, 0.25) is 0 Å². The molecule has 0 saturated carbocycles. The van der Waals surface area contributed by atoms with Crippen LogP contribution in [-0.2, 0) is 10.8 Å². The second kappa shape index (κ2) is 11.0. The molecule has 4 aromatic rings. The molecule has 224 valence electrons. The molecular weight excluding hydrogens is 544 g/mol. The topological polar surface area (TPSA) is 15.0 Å². The Labute approximate surface area is 268 Å². The maximum Gasteiger partial charge on any atom is 0.210 e. The predicted molar refractivity (Wildman–Crippen MR) is 194 cm³/mol. The van der Waals surface area contributed by atoms with E-state index in [0.717, 1.165) is 25.8 Å². The van der Waals surface area contributed by atoms with Crippen LogP contribution in [-0.4, -0.2) is 16.8 Å². The molecule has 0 radical (unpaired) electrons. The molecule has 4 aromatic carbocycles. The Morgan fingerprint density at radius 2 is 1.44 bits per heavy atom. The molecule has 1 N–H and O–H groups in total. The highest BCUT2D eigenvalue weighted by Crippen LogP contribution is 2.48. The molecule has 0 amide bonds. The summed E-state index contributed by atoms with van der Waals surface area (Å²) in [6.45, 7) is 18.7. The van der Waals surface area contributed by atoms with E-state index in [1.165, 1.54) is 72.2 Å². The van der Waals surface area contributed by atoms with Gasteiger partial charge >= 0.3 is 0 Å². The van der Waals surface area contributed by atoms with E-state index < -0.39 is 0 Å². The minimum absolute atomic E-state index is 0.266. The Balaban J connectivity index is 1.25. The second-order valence-electron chi connectivity index (χ2n) is 13.1. The zero-order chi connectivity index (χ0) is 31.3. The Bertz CT molecular complexity index is 2060. The molecule has 0 unspecified atom stereocenters. The maximum atomic E-state index is 4.35. The minimum atomic E-state index is -0.278.